The van der Waals surface area contributed by atoms with Crippen LogP contribution in [0.5, 0.6) is 0 Å². The van der Waals surface area contributed by atoms with Gasteiger partial charge in [0.05, 0.1) is 29.6 Å². The predicted molar refractivity (Wildman–Crippen MR) is 101 cm³/mol. The molecule has 0 aromatic heterocycles. The minimum Gasteiger partial charge on any atom is -0.462 e. The number of rotatable bonds is 1. The van der Waals surface area contributed by atoms with Crippen molar-refractivity contribution in [2.24, 2.45) is 34.0 Å². The first kappa shape index (κ1) is 20.0. The quantitative estimate of drug-likeness (QED) is 0.463. The van der Waals surface area contributed by atoms with E-state index in [2.05, 4.69) is 20.4 Å². The van der Waals surface area contributed by atoms with Crippen LogP contribution in [0.25, 0.3) is 0 Å². The summed E-state index contributed by atoms with van der Waals surface area (Å²) in [5.74, 6) is -2.01. The molecule has 4 aliphatic carbocycles. The van der Waals surface area contributed by atoms with Crippen molar-refractivity contribution >= 4 is 11.8 Å². The van der Waals surface area contributed by atoms with Crippen molar-refractivity contribution < 1.29 is 29.6 Å². The van der Waals surface area contributed by atoms with Gasteiger partial charge in [-0.1, -0.05) is 27.4 Å². The van der Waals surface area contributed by atoms with Gasteiger partial charge in [-0.2, -0.15) is 0 Å². The van der Waals surface area contributed by atoms with Crippen LogP contribution in [0.2, 0.25) is 0 Å². The van der Waals surface area contributed by atoms with Crippen molar-refractivity contribution in [1.29, 1.82) is 0 Å². The number of esters is 1. The minimum atomic E-state index is -1.38. The van der Waals surface area contributed by atoms with Gasteiger partial charge in [0.15, 0.2) is 5.78 Å². The van der Waals surface area contributed by atoms with Gasteiger partial charge in [-0.3, -0.25) is 9.59 Å². The molecular formula is C22H32O6. The maximum absolute atomic E-state index is 13.4. The van der Waals surface area contributed by atoms with Crippen LogP contribution < -0.4 is 0 Å². The average molecular weight is 392 g/mol. The second-order valence-electron chi connectivity index (χ2n) is 10.4. The molecule has 0 aromatic carbocycles. The number of ketones is 1. The third-order valence-electron chi connectivity index (χ3n) is 8.91. The van der Waals surface area contributed by atoms with Gasteiger partial charge >= 0.3 is 5.97 Å². The van der Waals surface area contributed by atoms with Gasteiger partial charge in [0, 0.05) is 12.3 Å². The molecule has 4 saturated carbocycles. The summed E-state index contributed by atoms with van der Waals surface area (Å²) in [6, 6.07) is 0. The Morgan fingerprint density at radius 1 is 1.11 bits per heavy atom. The van der Waals surface area contributed by atoms with Crippen LogP contribution in [-0.2, 0) is 14.3 Å². The number of hydrogen-bond donors (Lipinski definition) is 3. The first-order chi connectivity index (χ1) is 12.9. The monoisotopic (exact) mass is 392 g/mol. The van der Waals surface area contributed by atoms with Gasteiger partial charge in [0.2, 0.25) is 0 Å². The zero-order valence-electron chi connectivity index (χ0n) is 17.1. The molecule has 0 aromatic rings. The Hall–Kier alpha value is -1.24. The highest BCUT2D eigenvalue weighted by Gasteiger charge is 2.77. The van der Waals surface area contributed by atoms with E-state index in [1.54, 1.807) is 0 Å². The molecule has 6 nitrogen and oxygen atoms in total. The summed E-state index contributed by atoms with van der Waals surface area (Å²) < 4.78 is 5.53. The van der Waals surface area contributed by atoms with Crippen molar-refractivity contribution in [3.05, 3.63) is 12.2 Å². The molecule has 0 heterocycles. The van der Waals surface area contributed by atoms with E-state index in [9.17, 15) is 24.9 Å². The maximum atomic E-state index is 13.4. The number of aliphatic hydroxyl groups excluding tert-OH is 3. The van der Waals surface area contributed by atoms with Crippen LogP contribution >= 0.6 is 0 Å². The van der Waals surface area contributed by atoms with Gasteiger partial charge in [0.1, 0.15) is 6.10 Å². The van der Waals surface area contributed by atoms with E-state index in [0.717, 1.165) is 6.42 Å². The van der Waals surface area contributed by atoms with Crippen LogP contribution in [0.15, 0.2) is 12.2 Å². The van der Waals surface area contributed by atoms with Gasteiger partial charge in [-0.25, -0.2) is 0 Å². The van der Waals surface area contributed by atoms with Crippen molar-refractivity contribution in [2.45, 2.75) is 77.8 Å². The molecular weight excluding hydrogens is 360 g/mol. The average Bonchev–Trinajstić information content (AvgIpc) is 2.72. The van der Waals surface area contributed by atoms with E-state index in [1.165, 1.54) is 6.92 Å². The van der Waals surface area contributed by atoms with E-state index in [-0.39, 0.29) is 22.7 Å². The molecule has 7 unspecified atom stereocenters. The standard InChI is InChI=1S/C22H32O6/c1-10-17-12(28-11(2)23)8-14-21(5)13(20(3,4)7-6-15(21)24)9-16(25)22(14,18(10)26)19(17)27/h12-17,19,24-25,27H,1,6-9H2,2-5H3/t12?,13-,14+,15?,16?,17?,19?,21?,22?/m1/s1. The highest BCUT2D eigenvalue weighted by atomic mass is 16.5. The Kier molecular flexibility index (Phi) is 4.22. The van der Waals surface area contributed by atoms with E-state index in [4.69, 9.17) is 4.74 Å². The Bertz CT molecular complexity index is 743. The number of carbonyl (C=O) groups is 2. The molecule has 3 N–H and O–H groups in total. The third-order valence-corrected chi connectivity index (χ3v) is 8.91. The predicted octanol–water partition coefficient (Wildman–Crippen LogP) is 1.61. The molecule has 4 fully saturated rings. The van der Waals surface area contributed by atoms with E-state index >= 15 is 0 Å². The van der Waals surface area contributed by atoms with Gasteiger partial charge in [-0.05, 0) is 48.5 Å². The normalized spacial score (nSPS) is 52.0. The number of hydrogen-bond acceptors (Lipinski definition) is 6. The summed E-state index contributed by atoms with van der Waals surface area (Å²) in [6.07, 6.45) is -1.37. The fourth-order valence-electron chi connectivity index (χ4n) is 7.64. The fourth-order valence-corrected chi connectivity index (χ4v) is 7.64. The molecule has 0 saturated heterocycles. The largest absolute Gasteiger partial charge is 0.462 e. The molecule has 4 rings (SSSR count). The lowest BCUT2D eigenvalue weighted by atomic mass is 9.39. The zero-order valence-corrected chi connectivity index (χ0v) is 17.1. The van der Waals surface area contributed by atoms with E-state index < -0.39 is 53.1 Å². The molecule has 0 radical (unpaired) electrons. The number of Topliss-reactive ketones (excluding diaryl/α,β-unsaturated/α-hetero) is 1. The van der Waals surface area contributed by atoms with Crippen molar-refractivity contribution in [1.82, 2.24) is 0 Å². The first-order valence-electron chi connectivity index (χ1n) is 10.3. The van der Waals surface area contributed by atoms with E-state index in [0.29, 0.717) is 19.3 Å². The highest BCUT2D eigenvalue weighted by molar-refractivity contribution is 6.04. The molecule has 1 spiro atoms. The van der Waals surface area contributed by atoms with Crippen LogP contribution in [0.4, 0.5) is 0 Å². The van der Waals surface area contributed by atoms with Crippen LogP contribution in [0, 0.1) is 34.0 Å². The van der Waals surface area contributed by atoms with Crippen LogP contribution in [-0.4, -0.2) is 51.5 Å². The Labute approximate surface area is 166 Å². The SMILES string of the molecule is C=C1C(=O)C23C(O)C[C@@H]4C(C)(C)CCC(O)C4(C)[C@@H]2CC(OC(C)=O)C1C3O. The molecule has 28 heavy (non-hydrogen) atoms. The topological polar surface area (TPSA) is 104 Å². The van der Waals surface area contributed by atoms with Gasteiger partial charge in [-0.15, -0.1) is 0 Å². The molecule has 0 amide bonds. The Morgan fingerprint density at radius 2 is 1.75 bits per heavy atom. The lowest BCUT2D eigenvalue weighted by molar-refractivity contribution is -0.263. The lowest BCUT2D eigenvalue weighted by Crippen LogP contribution is -2.71. The molecule has 156 valence electrons. The second-order valence-corrected chi connectivity index (χ2v) is 10.4. The van der Waals surface area contributed by atoms with Gasteiger partial charge < -0.3 is 20.1 Å². The summed E-state index contributed by atoms with van der Waals surface area (Å²) in [4.78, 5) is 25.2. The summed E-state index contributed by atoms with van der Waals surface area (Å²) in [6.45, 7) is 11.5. The molecule has 2 bridgehead atoms. The number of aliphatic hydroxyl groups is 3. The highest BCUT2D eigenvalue weighted by Crippen LogP contribution is 2.71. The number of fused-ring (bicyclic) bond motifs is 3. The zero-order chi connectivity index (χ0) is 20.8. The molecule has 0 aliphatic heterocycles. The Balaban J connectivity index is 1.91. The molecule has 9 atom stereocenters. The van der Waals surface area contributed by atoms with Gasteiger partial charge in [0.25, 0.3) is 0 Å². The first-order valence-corrected chi connectivity index (χ1v) is 10.3. The smallest absolute Gasteiger partial charge is 0.302 e. The molecule has 4 aliphatic rings. The molecule has 6 heteroatoms. The van der Waals surface area contributed by atoms with E-state index in [1.807, 2.05) is 6.92 Å². The van der Waals surface area contributed by atoms with Crippen LogP contribution in [0.3, 0.4) is 0 Å². The van der Waals surface area contributed by atoms with Crippen molar-refractivity contribution in [2.75, 3.05) is 0 Å². The summed E-state index contributed by atoms with van der Waals surface area (Å²) >= 11 is 0. The number of carbonyl (C=O) groups excluding carboxylic acids is 2. The van der Waals surface area contributed by atoms with Crippen molar-refractivity contribution in [3.63, 3.8) is 0 Å². The Morgan fingerprint density at radius 3 is 2.36 bits per heavy atom. The summed E-state index contributed by atoms with van der Waals surface area (Å²) in [5, 5.41) is 33.7. The third kappa shape index (κ3) is 2.14. The summed E-state index contributed by atoms with van der Waals surface area (Å²) in [5.41, 5.74) is -1.94. The maximum Gasteiger partial charge on any atom is 0.302 e. The van der Waals surface area contributed by atoms with Crippen LogP contribution in [0.1, 0.15) is 53.4 Å². The lowest BCUT2D eigenvalue weighted by Gasteiger charge is -2.66. The fraction of sp³-hybridized carbons (Fsp3) is 0.818. The second kappa shape index (κ2) is 5.89. The minimum absolute atomic E-state index is 0.0160. The van der Waals surface area contributed by atoms with Crippen molar-refractivity contribution in [3.8, 4) is 0 Å². The number of ether oxygens (including phenoxy) is 1. The summed E-state index contributed by atoms with van der Waals surface area (Å²) in [7, 11) is 0.